The van der Waals surface area contributed by atoms with Crippen LogP contribution in [0.1, 0.15) is 6.92 Å². The van der Waals surface area contributed by atoms with Crippen LogP contribution >= 0.6 is 0 Å². The summed E-state index contributed by atoms with van der Waals surface area (Å²) in [4.78, 5) is 0. The third-order valence-corrected chi connectivity index (χ3v) is 6.20. The van der Waals surface area contributed by atoms with E-state index < -0.39 is 80.0 Å². The number of rotatable bonds is 10. The quantitative estimate of drug-likeness (QED) is 0.196. The summed E-state index contributed by atoms with van der Waals surface area (Å²) < 4.78 is 278. The maximum atomic E-state index is 13.4. The van der Waals surface area contributed by atoms with E-state index in [1.54, 1.807) is 0 Å². The van der Waals surface area contributed by atoms with Crippen molar-refractivity contribution in [2.45, 2.75) is 59.8 Å². The standard InChI is InChI=1S/C10H4F18O6S2/c1-2(33-35(29,30)9(25,26)5(15,16)3(11,12)7(19,20)21)34-36(31,32)10(27,28)6(17,18)4(13,14)8(22,23)24/h2H,1H3. The zero-order chi connectivity index (χ0) is 30.0. The average molecular weight is 626 g/mol. The highest BCUT2D eigenvalue weighted by atomic mass is 32.2. The lowest BCUT2D eigenvalue weighted by Crippen LogP contribution is -2.64. The molecular weight excluding hydrogens is 622 g/mol. The van der Waals surface area contributed by atoms with Crippen LogP contribution in [0.4, 0.5) is 79.0 Å². The van der Waals surface area contributed by atoms with E-state index in [0.717, 1.165) is 0 Å². The van der Waals surface area contributed by atoms with Gasteiger partial charge < -0.3 is 0 Å². The third kappa shape index (κ3) is 5.00. The molecule has 0 saturated heterocycles. The molecule has 0 unspecified atom stereocenters. The van der Waals surface area contributed by atoms with E-state index in [2.05, 4.69) is 8.37 Å². The molecule has 36 heavy (non-hydrogen) atoms. The van der Waals surface area contributed by atoms with Gasteiger partial charge in [0.1, 0.15) is 0 Å². The molecule has 0 bridgehead atoms. The van der Waals surface area contributed by atoms with Crippen LogP contribution in [0.15, 0.2) is 0 Å². The number of hydrogen-bond donors (Lipinski definition) is 0. The molecule has 26 heteroatoms. The molecule has 0 aromatic carbocycles. The highest BCUT2D eigenvalue weighted by Gasteiger charge is 2.87. The molecule has 0 atom stereocenters. The summed E-state index contributed by atoms with van der Waals surface area (Å²) in [7, 11) is -16.2. The number of hydrogen-bond acceptors (Lipinski definition) is 6. The third-order valence-electron chi connectivity index (χ3n) is 3.38. The Hall–Kier alpha value is -1.44. The van der Waals surface area contributed by atoms with Crippen LogP contribution in [-0.4, -0.2) is 69.7 Å². The minimum Gasteiger partial charge on any atom is -0.232 e. The van der Waals surface area contributed by atoms with Gasteiger partial charge in [-0.3, -0.25) is 0 Å². The SMILES string of the molecule is CC(OS(=O)(=O)C(F)(F)C(F)(F)C(F)(F)C(F)(F)F)OS(=O)(=O)C(F)(F)C(F)(F)C(F)(F)C(F)(F)F. The molecule has 0 aliphatic rings. The monoisotopic (exact) mass is 626 g/mol. The summed E-state index contributed by atoms with van der Waals surface area (Å²) in [5, 5.41) is -15.5. The van der Waals surface area contributed by atoms with Crippen LogP contribution < -0.4 is 0 Å². The zero-order valence-corrected chi connectivity index (χ0v) is 17.3. The second-order valence-electron chi connectivity index (χ2n) is 5.99. The highest BCUT2D eigenvalue weighted by Crippen LogP contribution is 2.56. The Morgan fingerprint density at radius 3 is 0.806 bits per heavy atom. The molecule has 0 aliphatic carbocycles. The average Bonchev–Trinajstić information content (AvgIpc) is 2.57. The van der Waals surface area contributed by atoms with Gasteiger partial charge in [0.2, 0.25) is 0 Å². The van der Waals surface area contributed by atoms with Gasteiger partial charge in [-0.1, -0.05) is 0 Å². The molecule has 6 nitrogen and oxygen atoms in total. The van der Waals surface area contributed by atoms with Crippen molar-refractivity contribution in [3.8, 4) is 0 Å². The van der Waals surface area contributed by atoms with Gasteiger partial charge in [-0.15, -0.1) is 0 Å². The Morgan fingerprint density at radius 1 is 0.444 bits per heavy atom. The van der Waals surface area contributed by atoms with E-state index in [9.17, 15) is 95.9 Å². The summed E-state index contributed by atoms with van der Waals surface area (Å²) in [6.45, 7) is -0.651. The molecule has 0 heterocycles. The fraction of sp³-hybridized carbons (Fsp3) is 1.00. The molecule has 0 radical (unpaired) electrons. The molecule has 0 aliphatic heterocycles. The van der Waals surface area contributed by atoms with Gasteiger partial charge in [0.25, 0.3) is 0 Å². The predicted octanol–water partition coefficient (Wildman–Crippen LogP) is 4.88. The first-order chi connectivity index (χ1) is 15.1. The molecule has 0 fully saturated rings. The van der Waals surface area contributed by atoms with Crippen LogP contribution in [0.2, 0.25) is 0 Å². The number of halogens is 18. The summed E-state index contributed by atoms with van der Waals surface area (Å²) in [6, 6.07) is 0. The summed E-state index contributed by atoms with van der Waals surface area (Å²) in [5.41, 5.74) is 0. The molecule has 0 aromatic heterocycles. The Bertz CT molecular complexity index is 942. The maximum absolute atomic E-state index is 13.4. The lowest BCUT2D eigenvalue weighted by atomic mass is 10.1. The van der Waals surface area contributed by atoms with Crippen molar-refractivity contribution in [2.75, 3.05) is 0 Å². The van der Waals surface area contributed by atoms with Crippen LogP contribution in [0.3, 0.4) is 0 Å². The Balaban J connectivity index is 6.29. The molecule has 0 saturated carbocycles. The Labute approximate surface area is 185 Å². The van der Waals surface area contributed by atoms with E-state index in [-0.39, 0.29) is 0 Å². The van der Waals surface area contributed by atoms with E-state index in [1.165, 1.54) is 0 Å². The van der Waals surface area contributed by atoms with Crippen molar-refractivity contribution in [3.63, 3.8) is 0 Å². The van der Waals surface area contributed by atoms with Crippen molar-refractivity contribution in [1.29, 1.82) is 0 Å². The lowest BCUT2D eigenvalue weighted by Gasteiger charge is -2.34. The normalized spacial score (nSPS) is 16.6. The highest BCUT2D eigenvalue weighted by molar-refractivity contribution is 7.88. The van der Waals surface area contributed by atoms with Crippen LogP contribution in [-0.2, 0) is 28.6 Å². The molecule has 0 N–H and O–H groups in total. The minimum atomic E-state index is -8.08. The smallest absolute Gasteiger partial charge is 0.232 e. The van der Waals surface area contributed by atoms with E-state index in [4.69, 9.17) is 0 Å². The Kier molecular flexibility index (Phi) is 8.45. The van der Waals surface area contributed by atoms with Crippen LogP contribution in [0.25, 0.3) is 0 Å². The number of alkyl halides is 18. The van der Waals surface area contributed by atoms with Crippen molar-refractivity contribution >= 4 is 20.2 Å². The van der Waals surface area contributed by atoms with Crippen molar-refractivity contribution in [3.05, 3.63) is 0 Å². The summed E-state index contributed by atoms with van der Waals surface area (Å²) in [6.07, 6.45) is -19.4. The zero-order valence-electron chi connectivity index (χ0n) is 15.6. The van der Waals surface area contributed by atoms with Crippen molar-refractivity contribution < 1.29 is 104 Å². The molecular formula is C10H4F18O6S2. The van der Waals surface area contributed by atoms with Gasteiger partial charge in [0, 0.05) is 0 Å². The summed E-state index contributed by atoms with van der Waals surface area (Å²) in [5.74, 6) is -31.9. The largest absolute Gasteiger partial charge is 0.460 e. The first kappa shape index (κ1) is 34.6. The van der Waals surface area contributed by atoms with Crippen LogP contribution in [0, 0.1) is 0 Å². The van der Waals surface area contributed by atoms with Gasteiger partial charge in [0.15, 0.2) is 6.29 Å². The van der Waals surface area contributed by atoms with Gasteiger partial charge in [0.05, 0.1) is 0 Å². The van der Waals surface area contributed by atoms with Crippen molar-refractivity contribution in [2.24, 2.45) is 0 Å². The molecule has 218 valence electrons. The molecule has 0 rings (SSSR count). The van der Waals surface area contributed by atoms with Gasteiger partial charge >= 0.3 is 66.8 Å². The second kappa shape index (κ2) is 8.81. The van der Waals surface area contributed by atoms with Gasteiger partial charge in [-0.2, -0.15) is 95.9 Å². The Morgan fingerprint density at radius 2 is 0.639 bits per heavy atom. The molecule has 0 amide bonds. The first-order valence-corrected chi connectivity index (χ1v) is 10.2. The van der Waals surface area contributed by atoms with E-state index in [1.807, 2.05) is 0 Å². The van der Waals surface area contributed by atoms with Gasteiger partial charge in [-0.05, 0) is 6.92 Å². The fourth-order valence-electron chi connectivity index (χ4n) is 1.53. The van der Waals surface area contributed by atoms with Gasteiger partial charge in [-0.25, -0.2) is 8.37 Å². The lowest BCUT2D eigenvalue weighted by molar-refractivity contribution is -0.383. The molecule has 0 aromatic rings. The molecule has 0 spiro atoms. The van der Waals surface area contributed by atoms with E-state index >= 15 is 0 Å². The predicted molar refractivity (Wildman–Crippen MR) is 71.3 cm³/mol. The first-order valence-electron chi connectivity index (χ1n) is 7.36. The maximum Gasteiger partial charge on any atom is 0.460 e. The topological polar surface area (TPSA) is 86.7 Å². The summed E-state index contributed by atoms with van der Waals surface area (Å²) >= 11 is 0. The minimum absolute atomic E-state index is 0.651. The second-order valence-corrected chi connectivity index (χ2v) is 9.22. The van der Waals surface area contributed by atoms with Crippen molar-refractivity contribution in [1.82, 2.24) is 0 Å². The van der Waals surface area contributed by atoms with Crippen LogP contribution in [0.5, 0.6) is 0 Å². The fourth-order valence-corrected chi connectivity index (χ4v) is 3.50. The van der Waals surface area contributed by atoms with E-state index in [0.29, 0.717) is 0 Å².